The average Bonchev–Trinajstić information content (AvgIpc) is 3.69. The van der Waals surface area contributed by atoms with Crippen molar-refractivity contribution in [2.24, 2.45) is 11.8 Å². The number of likely N-dealkylation sites (tertiary alicyclic amines) is 1. The number of hydrogen-bond donors (Lipinski definition) is 1. The average molecular weight is 579 g/mol. The summed E-state index contributed by atoms with van der Waals surface area (Å²) in [6, 6.07) is 5.87. The molecular formula is C31H42N6O5. The fourth-order valence-corrected chi connectivity index (χ4v) is 7.47. The molecule has 3 aliphatic heterocycles. The monoisotopic (exact) mass is 578 g/mol. The summed E-state index contributed by atoms with van der Waals surface area (Å²) in [4.78, 5) is 48.1. The van der Waals surface area contributed by atoms with Gasteiger partial charge in [0.25, 0.3) is 0 Å². The Bertz CT molecular complexity index is 1370. The van der Waals surface area contributed by atoms with Crippen molar-refractivity contribution < 1.29 is 24.2 Å². The Labute approximate surface area is 246 Å². The Morgan fingerprint density at radius 1 is 1.17 bits per heavy atom. The first-order valence-electron chi connectivity index (χ1n) is 14.9. The van der Waals surface area contributed by atoms with Crippen LogP contribution in [-0.4, -0.2) is 102 Å². The molecule has 1 aromatic heterocycles. The highest BCUT2D eigenvalue weighted by molar-refractivity contribution is 5.99. The number of aromatic nitrogens is 3. The van der Waals surface area contributed by atoms with Crippen LogP contribution in [0.3, 0.4) is 0 Å². The minimum Gasteiger partial charge on any atom is -0.394 e. The van der Waals surface area contributed by atoms with E-state index in [2.05, 4.69) is 23.5 Å². The van der Waals surface area contributed by atoms with Crippen LogP contribution < -0.4 is 0 Å². The molecule has 0 radical (unpaired) electrons. The maximum Gasteiger partial charge on any atom is 0.250 e. The van der Waals surface area contributed by atoms with Gasteiger partial charge < -0.3 is 24.5 Å². The molecule has 1 aromatic carbocycles. The number of aliphatic hydroxyl groups is 1. The summed E-state index contributed by atoms with van der Waals surface area (Å²) in [6.45, 7) is 14.3. The van der Waals surface area contributed by atoms with Crippen molar-refractivity contribution in [3.63, 3.8) is 0 Å². The quantitative estimate of drug-likeness (QED) is 0.362. The maximum absolute atomic E-state index is 14.7. The van der Waals surface area contributed by atoms with E-state index in [9.17, 15) is 19.5 Å². The molecule has 42 heavy (non-hydrogen) atoms. The van der Waals surface area contributed by atoms with Gasteiger partial charge in [0.2, 0.25) is 17.7 Å². The van der Waals surface area contributed by atoms with Crippen molar-refractivity contribution in [2.75, 3.05) is 26.2 Å². The minimum absolute atomic E-state index is 0.0871. The molecule has 2 unspecified atom stereocenters. The summed E-state index contributed by atoms with van der Waals surface area (Å²) in [7, 11) is 0. The topological polar surface area (TPSA) is 121 Å². The van der Waals surface area contributed by atoms with Gasteiger partial charge in [-0.1, -0.05) is 43.3 Å². The predicted octanol–water partition coefficient (Wildman–Crippen LogP) is 2.36. The summed E-state index contributed by atoms with van der Waals surface area (Å²) in [5, 5.41) is 18.9. The van der Waals surface area contributed by atoms with Gasteiger partial charge in [-0.3, -0.25) is 14.4 Å². The van der Waals surface area contributed by atoms with E-state index in [4.69, 9.17) is 4.74 Å². The molecule has 3 saturated heterocycles. The lowest BCUT2D eigenvalue weighted by Gasteiger charge is -2.39. The fourth-order valence-electron chi connectivity index (χ4n) is 7.47. The van der Waals surface area contributed by atoms with Crippen LogP contribution >= 0.6 is 0 Å². The van der Waals surface area contributed by atoms with Gasteiger partial charge >= 0.3 is 0 Å². The molecule has 0 saturated carbocycles. The van der Waals surface area contributed by atoms with Gasteiger partial charge in [-0.25, -0.2) is 4.68 Å². The molecule has 4 heterocycles. The summed E-state index contributed by atoms with van der Waals surface area (Å²) in [6.07, 6.45) is 5.53. The predicted molar refractivity (Wildman–Crippen MR) is 157 cm³/mol. The smallest absolute Gasteiger partial charge is 0.250 e. The van der Waals surface area contributed by atoms with E-state index >= 15 is 0 Å². The Hall–Kier alpha value is -3.57. The second-order valence-corrected chi connectivity index (χ2v) is 11.9. The Balaban J connectivity index is 1.57. The second kappa shape index (κ2) is 11.6. The van der Waals surface area contributed by atoms with Gasteiger partial charge in [-0.2, -0.15) is 0 Å². The molecule has 3 fully saturated rings. The Morgan fingerprint density at radius 2 is 1.88 bits per heavy atom. The van der Waals surface area contributed by atoms with Crippen molar-refractivity contribution in [3.05, 3.63) is 49.6 Å². The van der Waals surface area contributed by atoms with E-state index in [1.54, 1.807) is 26.6 Å². The molecule has 1 spiro atoms. The van der Waals surface area contributed by atoms with Gasteiger partial charge in [0, 0.05) is 19.6 Å². The van der Waals surface area contributed by atoms with Crippen LogP contribution in [0.1, 0.15) is 46.5 Å². The van der Waals surface area contributed by atoms with Crippen LogP contribution in [0.4, 0.5) is 0 Å². The molecule has 5 rings (SSSR count). The van der Waals surface area contributed by atoms with Gasteiger partial charge in [0.1, 0.15) is 23.8 Å². The van der Waals surface area contributed by atoms with Crippen LogP contribution in [0.5, 0.6) is 0 Å². The van der Waals surface area contributed by atoms with Crippen molar-refractivity contribution >= 4 is 28.8 Å². The van der Waals surface area contributed by atoms with Crippen molar-refractivity contribution in [2.45, 2.75) is 76.4 Å². The molecule has 0 aliphatic carbocycles. The molecule has 2 aromatic rings. The number of aliphatic hydroxyl groups excluding tert-OH is 1. The number of carbonyl (C=O) groups is 3. The zero-order valence-corrected chi connectivity index (χ0v) is 24.8. The Kier molecular flexibility index (Phi) is 8.26. The summed E-state index contributed by atoms with van der Waals surface area (Å²) in [5.74, 6) is -2.36. The third kappa shape index (κ3) is 4.53. The molecule has 11 heteroatoms. The van der Waals surface area contributed by atoms with E-state index in [-0.39, 0.29) is 37.5 Å². The molecule has 2 bridgehead atoms. The largest absolute Gasteiger partial charge is 0.394 e. The van der Waals surface area contributed by atoms with Crippen LogP contribution in [0, 0.1) is 11.8 Å². The van der Waals surface area contributed by atoms with Crippen molar-refractivity contribution in [1.82, 2.24) is 29.7 Å². The number of rotatable bonds is 13. The molecule has 11 nitrogen and oxygen atoms in total. The highest BCUT2D eigenvalue weighted by Gasteiger charge is 2.78. The number of amides is 3. The van der Waals surface area contributed by atoms with Gasteiger partial charge in [-0.15, -0.1) is 18.3 Å². The van der Waals surface area contributed by atoms with Crippen molar-refractivity contribution in [1.29, 1.82) is 0 Å². The third-order valence-corrected chi connectivity index (χ3v) is 9.33. The normalized spacial score (nSPS) is 28.6. The molecule has 226 valence electrons. The van der Waals surface area contributed by atoms with Crippen molar-refractivity contribution in [3.8, 4) is 0 Å². The third-order valence-electron chi connectivity index (χ3n) is 9.33. The summed E-state index contributed by atoms with van der Waals surface area (Å²) >= 11 is 0. The van der Waals surface area contributed by atoms with Gasteiger partial charge in [-0.05, 0) is 44.7 Å². The van der Waals surface area contributed by atoms with Crippen LogP contribution in [0.15, 0.2) is 49.6 Å². The highest BCUT2D eigenvalue weighted by atomic mass is 16.5. The minimum atomic E-state index is -1.19. The standard InChI is InChI=1S/C31H42N6O5/c1-6-16-34(17-7-2)27(39)24-25-28(40)37(21(9-4)19-38)26(31(25)15-14-30(24,5)42-31)29(41)35(18-8-3)20-36-23-13-11-10-12-22(23)32-33-36/h6,8,10-13,21,24-26,38H,1,3,7,9,14-20H2,2,4-5H3/t21-,24+,25-,26?,30-,31?/m0/s1. The molecule has 3 aliphatic rings. The molecular weight excluding hydrogens is 536 g/mol. The molecule has 3 amide bonds. The zero-order chi connectivity index (χ0) is 30.2. The van der Waals surface area contributed by atoms with Crippen LogP contribution in [0.2, 0.25) is 0 Å². The lowest BCUT2D eigenvalue weighted by Crippen LogP contribution is -2.59. The van der Waals surface area contributed by atoms with E-state index in [0.29, 0.717) is 37.9 Å². The number of carbonyl (C=O) groups excluding carboxylic acids is 3. The van der Waals surface area contributed by atoms with E-state index in [1.165, 1.54) is 4.90 Å². The number of benzene rings is 1. The summed E-state index contributed by atoms with van der Waals surface area (Å²) in [5.41, 5.74) is -0.608. The second-order valence-electron chi connectivity index (χ2n) is 11.9. The number of fused-ring (bicyclic) bond motifs is 2. The number of nitrogens with zero attached hydrogens (tertiary/aromatic N) is 6. The maximum atomic E-state index is 14.7. The van der Waals surface area contributed by atoms with Crippen LogP contribution in [-0.2, 0) is 25.8 Å². The Morgan fingerprint density at radius 3 is 2.55 bits per heavy atom. The lowest BCUT2D eigenvalue weighted by molar-refractivity contribution is -0.157. The zero-order valence-electron chi connectivity index (χ0n) is 24.8. The first kappa shape index (κ1) is 29.9. The lowest BCUT2D eigenvalue weighted by atomic mass is 9.66. The van der Waals surface area contributed by atoms with E-state index in [1.807, 2.05) is 45.0 Å². The fraction of sp³-hybridized carbons (Fsp3) is 0.581. The first-order chi connectivity index (χ1) is 20.2. The first-order valence-corrected chi connectivity index (χ1v) is 14.9. The number of hydrogen-bond acceptors (Lipinski definition) is 7. The van der Waals surface area contributed by atoms with E-state index < -0.39 is 35.1 Å². The number of para-hydroxylation sites is 1. The van der Waals surface area contributed by atoms with E-state index in [0.717, 1.165) is 11.9 Å². The SMILES string of the molecule is C=CCN(Cn1nnc2ccccc21)C(=O)C1N([C@@H](CC)CO)C(=O)[C@@H]2[C@H](C(=O)N(CC=C)CCC)[C@]3(C)CCC12O3. The van der Waals surface area contributed by atoms with Crippen LogP contribution in [0.25, 0.3) is 11.0 Å². The molecule has 6 atom stereocenters. The summed E-state index contributed by atoms with van der Waals surface area (Å²) < 4.78 is 8.44. The highest BCUT2D eigenvalue weighted by Crippen LogP contribution is 2.64. The number of ether oxygens (including phenoxy) is 1. The van der Waals surface area contributed by atoms with Gasteiger partial charge in [0.15, 0.2) is 0 Å². The molecule has 1 N–H and O–H groups in total. The van der Waals surface area contributed by atoms with Gasteiger partial charge in [0.05, 0.1) is 35.6 Å².